The Balaban J connectivity index is 1.75. The van der Waals surface area contributed by atoms with Crippen LogP contribution >= 0.6 is 0 Å². The van der Waals surface area contributed by atoms with E-state index in [4.69, 9.17) is 4.74 Å². The SMILES string of the molecule is CCCCc1nc(NC(=O)c2ccccc2OC)c2c(ncn2Cc2ccccc2)n1. The van der Waals surface area contributed by atoms with Crippen molar-refractivity contribution in [2.75, 3.05) is 12.4 Å². The van der Waals surface area contributed by atoms with Crippen molar-refractivity contribution >= 4 is 22.9 Å². The minimum absolute atomic E-state index is 0.286. The molecule has 0 radical (unpaired) electrons. The molecule has 0 aliphatic carbocycles. The van der Waals surface area contributed by atoms with Gasteiger partial charge < -0.3 is 14.6 Å². The van der Waals surface area contributed by atoms with Crippen LogP contribution in [0.2, 0.25) is 0 Å². The number of anilines is 1. The molecular weight excluding hydrogens is 390 g/mol. The van der Waals surface area contributed by atoms with Crippen LogP contribution in [0, 0.1) is 0 Å². The molecule has 4 aromatic rings. The first kappa shape index (κ1) is 20.5. The van der Waals surface area contributed by atoms with Crippen LogP contribution < -0.4 is 10.1 Å². The van der Waals surface area contributed by atoms with Crippen LogP contribution in [-0.2, 0) is 13.0 Å². The third kappa shape index (κ3) is 4.55. The number of unbranched alkanes of at least 4 members (excludes halogenated alkanes) is 1. The first-order valence-corrected chi connectivity index (χ1v) is 10.4. The van der Waals surface area contributed by atoms with Crippen molar-refractivity contribution < 1.29 is 9.53 Å². The summed E-state index contributed by atoms with van der Waals surface area (Å²) >= 11 is 0. The summed E-state index contributed by atoms with van der Waals surface area (Å²) in [5, 5.41) is 2.97. The molecule has 0 saturated heterocycles. The predicted octanol–water partition coefficient (Wildman–Crippen LogP) is 4.48. The van der Waals surface area contributed by atoms with Crippen LogP contribution in [0.5, 0.6) is 5.75 Å². The number of aromatic nitrogens is 4. The molecule has 158 valence electrons. The Morgan fingerprint density at radius 3 is 2.61 bits per heavy atom. The molecule has 0 atom stereocenters. The van der Waals surface area contributed by atoms with Gasteiger partial charge >= 0.3 is 0 Å². The number of nitrogens with one attached hydrogen (secondary N) is 1. The highest BCUT2D eigenvalue weighted by Crippen LogP contribution is 2.24. The molecular formula is C24H25N5O2. The molecule has 4 rings (SSSR count). The summed E-state index contributed by atoms with van der Waals surface area (Å²) in [6.45, 7) is 2.73. The Morgan fingerprint density at radius 1 is 1.06 bits per heavy atom. The van der Waals surface area contributed by atoms with Crippen LogP contribution in [0.15, 0.2) is 60.9 Å². The van der Waals surface area contributed by atoms with Gasteiger partial charge in [-0.05, 0) is 24.1 Å². The molecule has 0 bridgehead atoms. The number of carbonyl (C=O) groups is 1. The summed E-state index contributed by atoms with van der Waals surface area (Å²) in [7, 11) is 1.55. The van der Waals surface area contributed by atoms with Crippen LogP contribution in [0.25, 0.3) is 11.2 Å². The van der Waals surface area contributed by atoms with Crippen molar-refractivity contribution in [1.29, 1.82) is 0 Å². The molecule has 7 nitrogen and oxygen atoms in total. The Morgan fingerprint density at radius 2 is 1.84 bits per heavy atom. The largest absolute Gasteiger partial charge is 0.496 e. The van der Waals surface area contributed by atoms with E-state index in [1.807, 2.05) is 28.8 Å². The topological polar surface area (TPSA) is 81.9 Å². The highest BCUT2D eigenvalue weighted by molar-refractivity contribution is 6.08. The van der Waals surface area contributed by atoms with E-state index in [0.717, 1.165) is 24.8 Å². The molecule has 0 aliphatic heterocycles. The molecule has 7 heteroatoms. The van der Waals surface area contributed by atoms with E-state index in [1.165, 1.54) is 0 Å². The first-order valence-electron chi connectivity index (χ1n) is 10.4. The lowest BCUT2D eigenvalue weighted by molar-refractivity contribution is 0.102. The monoisotopic (exact) mass is 415 g/mol. The molecule has 0 fully saturated rings. The number of hydrogen-bond donors (Lipinski definition) is 1. The lowest BCUT2D eigenvalue weighted by Gasteiger charge is -2.12. The quantitative estimate of drug-likeness (QED) is 0.459. The minimum atomic E-state index is -0.286. The van der Waals surface area contributed by atoms with Gasteiger partial charge in [-0.15, -0.1) is 0 Å². The van der Waals surface area contributed by atoms with Gasteiger partial charge in [-0.25, -0.2) is 15.0 Å². The lowest BCUT2D eigenvalue weighted by Crippen LogP contribution is -2.16. The van der Waals surface area contributed by atoms with Crippen molar-refractivity contribution in [1.82, 2.24) is 19.5 Å². The fourth-order valence-corrected chi connectivity index (χ4v) is 3.47. The van der Waals surface area contributed by atoms with Gasteiger partial charge in [0.05, 0.1) is 19.0 Å². The Hall–Kier alpha value is -3.74. The average molecular weight is 415 g/mol. The van der Waals surface area contributed by atoms with Gasteiger partial charge in [0.25, 0.3) is 5.91 Å². The molecule has 2 aromatic heterocycles. The van der Waals surface area contributed by atoms with Gasteiger partial charge in [-0.2, -0.15) is 0 Å². The average Bonchev–Trinajstić information content (AvgIpc) is 3.21. The molecule has 0 spiro atoms. The third-order valence-electron chi connectivity index (χ3n) is 5.05. The van der Waals surface area contributed by atoms with Crippen molar-refractivity contribution in [2.24, 2.45) is 0 Å². The lowest BCUT2D eigenvalue weighted by atomic mass is 10.2. The van der Waals surface area contributed by atoms with E-state index < -0.39 is 0 Å². The number of rotatable bonds is 8. The number of carbonyl (C=O) groups excluding carboxylic acids is 1. The number of amides is 1. The molecule has 0 aliphatic rings. The van der Waals surface area contributed by atoms with Crippen LogP contribution in [-0.4, -0.2) is 32.5 Å². The van der Waals surface area contributed by atoms with Gasteiger partial charge in [0.15, 0.2) is 11.5 Å². The molecule has 0 unspecified atom stereocenters. The van der Waals surface area contributed by atoms with Crippen molar-refractivity contribution in [3.05, 3.63) is 77.9 Å². The van der Waals surface area contributed by atoms with E-state index in [9.17, 15) is 4.79 Å². The number of imidazole rings is 1. The summed E-state index contributed by atoms with van der Waals surface area (Å²) < 4.78 is 7.31. The third-order valence-corrected chi connectivity index (χ3v) is 5.05. The molecule has 1 amide bonds. The van der Waals surface area contributed by atoms with Gasteiger partial charge in [0, 0.05) is 13.0 Å². The maximum absolute atomic E-state index is 13.1. The first-order chi connectivity index (χ1) is 15.2. The maximum Gasteiger partial charge on any atom is 0.260 e. The second kappa shape index (κ2) is 9.38. The van der Waals surface area contributed by atoms with E-state index in [1.54, 1.807) is 31.6 Å². The predicted molar refractivity (Wildman–Crippen MR) is 120 cm³/mol. The van der Waals surface area contributed by atoms with Crippen molar-refractivity contribution in [3.63, 3.8) is 0 Å². The number of para-hydroxylation sites is 1. The van der Waals surface area contributed by atoms with Gasteiger partial charge in [0.1, 0.15) is 17.1 Å². The summed E-state index contributed by atoms with van der Waals surface area (Å²) in [5.74, 6) is 1.36. The molecule has 2 aromatic carbocycles. The van der Waals surface area contributed by atoms with Gasteiger partial charge in [-0.1, -0.05) is 55.8 Å². The Bertz CT molecular complexity index is 1190. The zero-order chi connectivity index (χ0) is 21.6. The van der Waals surface area contributed by atoms with E-state index in [-0.39, 0.29) is 5.91 Å². The minimum Gasteiger partial charge on any atom is -0.496 e. The Labute approximate surface area is 181 Å². The van der Waals surface area contributed by atoms with Crippen LogP contribution in [0.1, 0.15) is 41.5 Å². The van der Waals surface area contributed by atoms with Gasteiger partial charge in [0.2, 0.25) is 0 Å². The van der Waals surface area contributed by atoms with E-state index >= 15 is 0 Å². The van der Waals surface area contributed by atoms with Gasteiger partial charge in [-0.3, -0.25) is 4.79 Å². The van der Waals surface area contributed by atoms with E-state index in [0.29, 0.717) is 40.7 Å². The highest BCUT2D eigenvalue weighted by Gasteiger charge is 2.18. The summed E-state index contributed by atoms with van der Waals surface area (Å²) in [6, 6.07) is 17.2. The van der Waals surface area contributed by atoms with Crippen LogP contribution in [0.4, 0.5) is 5.82 Å². The zero-order valence-electron chi connectivity index (χ0n) is 17.7. The normalized spacial score (nSPS) is 10.9. The summed E-state index contributed by atoms with van der Waals surface area (Å²) in [4.78, 5) is 26.9. The standard InChI is InChI=1S/C24H25N5O2/c1-3-4-14-20-26-22-21(29(16-25-22)15-17-10-6-5-7-11-17)23(27-20)28-24(30)18-12-8-9-13-19(18)31-2/h5-13,16H,3-4,14-15H2,1-2H3,(H,26,27,28,30). The Kier molecular flexibility index (Phi) is 6.21. The van der Waals surface area contributed by atoms with Crippen LogP contribution in [0.3, 0.4) is 0 Å². The van der Waals surface area contributed by atoms with E-state index in [2.05, 4.69) is 39.3 Å². The molecule has 31 heavy (non-hydrogen) atoms. The molecule has 1 N–H and O–H groups in total. The van der Waals surface area contributed by atoms with Crippen molar-refractivity contribution in [2.45, 2.75) is 32.7 Å². The fraction of sp³-hybridized carbons (Fsp3) is 0.250. The highest BCUT2D eigenvalue weighted by atomic mass is 16.5. The summed E-state index contributed by atoms with van der Waals surface area (Å²) in [5.41, 5.74) is 2.85. The number of hydrogen-bond acceptors (Lipinski definition) is 5. The maximum atomic E-state index is 13.1. The molecule has 2 heterocycles. The number of fused-ring (bicyclic) bond motifs is 1. The number of benzene rings is 2. The fourth-order valence-electron chi connectivity index (χ4n) is 3.47. The second-order valence-electron chi connectivity index (χ2n) is 7.28. The number of nitrogens with zero attached hydrogens (tertiary/aromatic N) is 4. The number of methoxy groups -OCH3 is 1. The smallest absolute Gasteiger partial charge is 0.260 e. The second-order valence-corrected chi connectivity index (χ2v) is 7.28. The van der Waals surface area contributed by atoms with Crippen molar-refractivity contribution in [3.8, 4) is 5.75 Å². The number of ether oxygens (including phenoxy) is 1. The zero-order valence-corrected chi connectivity index (χ0v) is 17.7. The molecule has 0 saturated carbocycles. The summed E-state index contributed by atoms with van der Waals surface area (Å²) in [6.07, 6.45) is 4.48. The number of aryl methyl sites for hydroxylation is 1.